The van der Waals surface area contributed by atoms with Crippen LogP contribution in [0.4, 0.5) is 0 Å². The number of nitrogens with one attached hydrogen (secondary N) is 1. The lowest BCUT2D eigenvalue weighted by atomic mass is 10.1. The van der Waals surface area contributed by atoms with Gasteiger partial charge in [0.2, 0.25) is 0 Å². The van der Waals surface area contributed by atoms with E-state index in [1.807, 2.05) is 0 Å². The third kappa shape index (κ3) is 8.15. The van der Waals surface area contributed by atoms with Gasteiger partial charge in [-0.25, -0.2) is 0 Å². The maximum absolute atomic E-state index is 3.69. The van der Waals surface area contributed by atoms with Gasteiger partial charge in [-0.05, 0) is 41.3 Å². The number of rotatable bonds is 8. The molecule has 0 spiro atoms. The van der Waals surface area contributed by atoms with E-state index in [1.54, 1.807) is 0 Å². The fourth-order valence-electron chi connectivity index (χ4n) is 2.86. The van der Waals surface area contributed by atoms with Crippen molar-refractivity contribution in [2.75, 3.05) is 59.9 Å². The summed E-state index contributed by atoms with van der Waals surface area (Å²) in [7, 11) is 4.32. The Morgan fingerprint density at radius 3 is 2.19 bits per heavy atom. The van der Waals surface area contributed by atoms with Crippen LogP contribution in [0.1, 0.15) is 40.5 Å². The molecular weight excluding hydrogens is 260 g/mol. The molecule has 0 amide bonds. The van der Waals surface area contributed by atoms with E-state index in [4.69, 9.17) is 0 Å². The average molecular weight is 299 g/mol. The van der Waals surface area contributed by atoms with Crippen LogP contribution < -0.4 is 5.32 Å². The Kier molecular flexibility index (Phi) is 8.17. The average Bonchev–Trinajstić information content (AvgIpc) is 2.41. The molecule has 4 heteroatoms. The van der Waals surface area contributed by atoms with E-state index in [1.165, 1.54) is 52.1 Å². The SMILES string of the molecule is CCCC(CNC(C)(C)C)N1CCN(CCN(C)C)CC1. The molecule has 1 heterocycles. The van der Waals surface area contributed by atoms with Gasteiger partial charge in [0.25, 0.3) is 0 Å². The Bertz CT molecular complexity index is 264. The van der Waals surface area contributed by atoms with E-state index in [0.717, 1.165) is 6.54 Å². The van der Waals surface area contributed by atoms with Crippen LogP contribution in [0.25, 0.3) is 0 Å². The first-order valence-electron chi connectivity index (χ1n) is 8.68. The van der Waals surface area contributed by atoms with Crippen LogP contribution in [0.2, 0.25) is 0 Å². The van der Waals surface area contributed by atoms with Crippen LogP contribution in [-0.4, -0.2) is 86.2 Å². The fourth-order valence-corrected chi connectivity index (χ4v) is 2.86. The van der Waals surface area contributed by atoms with Crippen molar-refractivity contribution in [3.63, 3.8) is 0 Å². The van der Waals surface area contributed by atoms with Crippen molar-refractivity contribution in [1.29, 1.82) is 0 Å². The summed E-state index contributed by atoms with van der Waals surface area (Å²) < 4.78 is 0. The third-order valence-corrected chi connectivity index (χ3v) is 4.28. The number of hydrogen-bond acceptors (Lipinski definition) is 4. The fraction of sp³-hybridized carbons (Fsp3) is 1.00. The highest BCUT2D eigenvalue weighted by Gasteiger charge is 2.24. The zero-order valence-electron chi connectivity index (χ0n) is 15.3. The first-order valence-corrected chi connectivity index (χ1v) is 8.68. The van der Waals surface area contributed by atoms with E-state index in [0.29, 0.717) is 6.04 Å². The van der Waals surface area contributed by atoms with Crippen molar-refractivity contribution in [2.24, 2.45) is 0 Å². The smallest absolute Gasteiger partial charge is 0.0221 e. The minimum Gasteiger partial charge on any atom is -0.311 e. The van der Waals surface area contributed by atoms with Gasteiger partial charge in [0, 0.05) is 57.4 Å². The molecule has 21 heavy (non-hydrogen) atoms. The number of hydrogen-bond donors (Lipinski definition) is 1. The first kappa shape index (κ1) is 18.9. The Balaban J connectivity index is 2.37. The van der Waals surface area contributed by atoms with Crippen molar-refractivity contribution in [1.82, 2.24) is 20.0 Å². The maximum atomic E-state index is 3.69. The molecule has 1 aliphatic heterocycles. The maximum Gasteiger partial charge on any atom is 0.0221 e. The summed E-state index contributed by atoms with van der Waals surface area (Å²) >= 11 is 0. The minimum atomic E-state index is 0.222. The number of nitrogens with zero attached hydrogens (tertiary/aromatic N) is 3. The quantitative estimate of drug-likeness (QED) is 0.736. The predicted molar refractivity (Wildman–Crippen MR) is 93.0 cm³/mol. The van der Waals surface area contributed by atoms with Gasteiger partial charge in [-0.15, -0.1) is 0 Å². The summed E-state index contributed by atoms with van der Waals surface area (Å²) in [5.74, 6) is 0. The second kappa shape index (κ2) is 9.09. The van der Waals surface area contributed by atoms with Gasteiger partial charge < -0.3 is 10.2 Å². The molecule has 126 valence electrons. The van der Waals surface area contributed by atoms with Gasteiger partial charge in [0.05, 0.1) is 0 Å². The van der Waals surface area contributed by atoms with E-state index in [-0.39, 0.29) is 5.54 Å². The largest absolute Gasteiger partial charge is 0.311 e. The zero-order chi connectivity index (χ0) is 15.9. The molecule has 1 aliphatic rings. The van der Waals surface area contributed by atoms with E-state index in [9.17, 15) is 0 Å². The van der Waals surface area contributed by atoms with Crippen LogP contribution in [0.3, 0.4) is 0 Å². The summed E-state index contributed by atoms with van der Waals surface area (Å²) in [6.07, 6.45) is 2.58. The standard InChI is InChI=1S/C17H38N4/c1-7-8-16(15-18-17(2,3)4)21-13-11-20(12-14-21)10-9-19(5)6/h16,18H,7-15H2,1-6H3. The molecule has 1 atom stereocenters. The van der Waals surface area contributed by atoms with E-state index in [2.05, 4.69) is 61.8 Å². The topological polar surface area (TPSA) is 21.8 Å². The van der Waals surface area contributed by atoms with Crippen molar-refractivity contribution in [2.45, 2.75) is 52.1 Å². The lowest BCUT2D eigenvalue weighted by Crippen LogP contribution is -2.55. The van der Waals surface area contributed by atoms with Crippen LogP contribution in [-0.2, 0) is 0 Å². The molecular formula is C17H38N4. The molecule has 1 N–H and O–H groups in total. The third-order valence-electron chi connectivity index (χ3n) is 4.28. The molecule has 0 aromatic rings. The van der Waals surface area contributed by atoms with E-state index < -0.39 is 0 Å². The van der Waals surface area contributed by atoms with Crippen LogP contribution in [0, 0.1) is 0 Å². The lowest BCUT2D eigenvalue weighted by molar-refractivity contribution is 0.0843. The normalized spacial score (nSPS) is 20.1. The molecule has 1 fully saturated rings. The van der Waals surface area contributed by atoms with Crippen LogP contribution >= 0.6 is 0 Å². The first-order chi connectivity index (χ1) is 9.81. The Morgan fingerprint density at radius 1 is 1.10 bits per heavy atom. The molecule has 0 radical (unpaired) electrons. The minimum absolute atomic E-state index is 0.222. The lowest BCUT2D eigenvalue weighted by Gasteiger charge is -2.40. The highest BCUT2D eigenvalue weighted by molar-refractivity contribution is 4.82. The van der Waals surface area contributed by atoms with Crippen molar-refractivity contribution < 1.29 is 0 Å². The van der Waals surface area contributed by atoms with Crippen molar-refractivity contribution in [3.05, 3.63) is 0 Å². The monoisotopic (exact) mass is 298 g/mol. The summed E-state index contributed by atoms with van der Waals surface area (Å²) in [5, 5.41) is 3.69. The molecule has 0 bridgehead atoms. The molecule has 0 aromatic carbocycles. The molecule has 0 aliphatic carbocycles. The van der Waals surface area contributed by atoms with Gasteiger partial charge in [0.1, 0.15) is 0 Å². The second-order valence-corrected chi connectivity index (χ2v) is 7.75. The molecule has 1 unspecified atom stereocenters. The summed E-state index contributed by atoms with van der Waals surface area (Å²) in [4.78, 5) is 7.59. The van der Waals surface area contributed by atoms with Crippen molar-refractivity contribution >= 4 is 0 Å². The summed E-state index contributed by atoms with van der Waals surface area (Å²) in [6.45, 7) is 17.5. The van der Waals surface area contributed by atoms with Gasteiger partial charge in [0.15, 0.2) is 0 Å². The Hall–Kier alpha value is -0.160. The van der Waals surface area contributed by atoms with E-state index >= 15 is 0 Å². The molecule has 1 rings (SSSR count). The van der Waals surface area contributed by atoms with Crippen molar-refractivity contribution in [3.8, 4) is 0 Å². The van der Waals surface area contributed by atoms with Gasteiger partial charge in [-0.3, -0.25) is 9.80 Å². The van der Waals surface area contributed by atoms with Gasteiger partial charge in [-0.2, -0.15) is 0 Å². The van der Waals surface area contributed by atoms with Crippen LogP contribution in [0.5, 0.6) is 0 Å². The number of likely N-dealkylation sites (N-methyl/N-ethyl adjacent to an activating group) is 1. The highest BCUT2D eigenvalue weighted by Crippen LogP contribution is 2.12. The second-order valence-electron chi connectivity index (χ2n) is 7.75. The predicted octanol–water partition coefficient (Wildman–Crippen LogP) is 1.72. The summed E-state index contributed by atoms with van der Waals surface area (Å²) in [5.41, 5.74) is 0.222. The summed E-state index contributed by atoms with van der Waals surface area (Å²) in [6, 6.07) is 0.699. The molecule has 0 aromatic heterocycles. The Labute approximate surface area is 132 Å². The molecule has 4 nitrogen and oxygen atoms in total. The van der Waals surface area contributed by atoms with Gasteiger partial charge in [-0.1, -0.05) is 13.3 Å². The molecule has 1 saturated heterocycles. The number of piperazine rings is 1. The molecule has 0 saturated carbocycles. The van der Waals surface area contributed by atoms with Gasteiger partial charge >= 0.3 is 0 Å². The Morgan fingerprint density at radius 2 is 1.71 bits per heavy atom. The van der Waals surface area contributed by atoms with Crippen LogP contribution in [0.15, 0.2) is 0 Å². The highest BCUT2D eigenvalue weighted by atomic mass is 15.3. The zero-order valence-corrected chi connectivity index (χ0v) is 15.3.